The minimum atomic E-state index is -4.53. The van der Waals surface area contributed by atoms with Crippen molar-refractivity contribution in [1.82, 2.24) is 0 Å². The van der Waals surface area contributed by atoms with Crippen LogP contribution in [0, 0.1) is 0 Å². The number of esters is 1. The second-order valence-corrected chi connectivity index (χ2v) is 17.0. The summed E-state index contributed by atoms with van der Waals surface area (Å²) in [7, 11) is -4.53. The molecule has 0 aliphatic rings. The molecule has 0 aliphatic carbocycles. The molecule has 0 saturated carbocycles. The fourth-order valence-corrected chi connectivity index (χ4v) is 7.35. The Kier molecular flexibility index (Phi) is 40.9. The van der Waals surface area contributed by atoms with Gasteiger partial charge in [-0.15, -0.1) is 0 Å². The maximum Gasteiger partial charge on any atom is 0.472 e. The third kappa shape index (κ3) is 40.7. The number of allylic oxidation sites excluding steroid dienone is 1. The number of phosphoric acid groups is 1. The van der Waals surface area contributed by atoms with Crippen LogP contribution < -0.4 is 0 Å². The predicted octanol–water partition coefficient (Wildman–Crippen LogP) is 12.8. The first-order chi connectivity index (χ1) is 26.3. The molecule has 0 rings (SSSR count). The molecule has 0 fully saturated rings. The topological polar surface area (TPSA) is 132 Å². The van der Waals surface area contributed by atoms with E-state index in [9.17, 15) is 19.4 Å². The number of aliphatic hydroxyl groups excluding tert-OH is 2. The lowest BCUT2D eigenvalue weighted by Gasteiger charge is -2.20. The van der Waals surface area contributed by atoms with E-state index < -0.39 is 45.8 Å². The molecular weight excluding hydrogens is 703 g/mol. The molecule has 0 amide bonds. The summed E-state index contributed by atoms with van der Waals surface area (Å²) in [5.41, 5.74) is 0. The summed E-state index contributed by atoms with van der Waals surface area (Å²) < 4.78 is 33.2. The van der Waals surface area contributed by atoms with Crippen LogP contribution in [0.3, 0.4) is 0 Å². The highest BCUT2D eigenvalue weighted by Crippen LogP contribution is 2.43. The minimum Gasteiger partial charge on any atom is -0.498 e. The number of phosphoric ester groups is 1. The van der Waals surface area contributed by atoms with E-state index in [1.54, 1.807) is 6.26 Å². The Bertz CT molecular complexity index is 856. The normalized spacial score (nSPS) is 14.0. The summed E-state index contributed by atoms with van der Waals surface area (Å²) in [5, 5.41) is 18.3. The van der Waals surface area contributed by atoms with Crippen molar-refractivity contribution in [3.8, 4) is 0 Å². The first kappa shape index (κ1) is 53.0. The first-order valence-corrected chi connectivity index (χ1v) is 24.2. The highest BCUT2D eigenvalue weighted by atomic mass is 31.2. The van der Waals surface area contributed by atoms with Crippen molar-refractivity contribution in [2.75, 3.05) is 26.4 Å². The van der Waals surface area contributed by atoms with Crippen LogP contribution in [0.15, 0.2) is 12.3 Å². The molecule has 322 valence electrons. The summed E-state index contributed by atoms with van der Waals surface area (Å²) in [6.45, 7) is 2.92. The highest BCUT2D eigenvalue weighted by molar-refractivity contribution is 7.47. The number of carbonyl (C=O) groups is 1. The quantitative estimate of drug-likeness (QED) is 0.0239. The van der Waals surface area contributed by atoms with Gasteiger partial charge in [0.05, 0.1) is 26.1 Å². The van der Waals surface area contributed by atoms with Gasteiger partial charge < -0.3 is 24.6 Å². The van der Waals surface area contributed by atoms with E-state index in [4.69, 9.17) is 23.6 Å². The molecule has 3 N–H and O–H groups in total. The summed E-state index contributed by atoms with van der Waals surface area (Å²) in [5.74, 6) is -0.400. The van der Waals surface area contributed by atoms with Crippen molar-refractivity contribution in [2.45, 2.75) is 238 Å². The van der Waals surface area contributed by atoms with Crippen molar-refractivity contribution >= 4 is 13.8 Å². The third-order valence-corrected chi connectivity index (χ3v) is 11.0. The highest BCUT2D eigenvalue weighted by Gasteiger charge is 2.26. The van der Waals surface area contributed by atoms with Crippen LogP contribution in [0.25, 0.3) is 0 Å². The molecule has 0 saturated heterocycles. The molecule has 0 aliphatic heterocycles. The van der Waals surface area contributed by atoms with Gasteiger partial charge >= 0.3 is 13.8 Å². The molecule has 0 aromatic heterocycles. The van der Waals surface area contributed by atoms with Crippen LogP contribution in [0.4, 0.5) is 0 Å². The van der Waals surface area contributed by atoms with Gasteiger partial charge in [0.25, 0.3) is 0 Å². The summed E-state index contributed by atoms with van der Waals surface area (Å²) in [6.07, 6.45) is 42.6. The third-order valence-electron chi connectivity index (χ3n) is 10.0. The Hall–Kier alpha value is -0.960. The Morgan fingerprint density at radius 3 is 1.33 bits per heavy atom. The number of ether oxygens (including phenoxy) is 2. The van der Waals surface area contributed by atoms with E-state index in [1.165, 1.54) is 173 Å². The Balaban J connectivity index is 4.15. The first-order valence-electron chi connectivity index (χ1n) is 22.7. The second kappa shape index (κ2) is 41.7. The average molecular weight is 791 g/mol. The van der Waals surface area contributed by atoms with Gasteiger partial charge in [0, 0.05) is 6.42 Å². The molecule has 1 unspecified atom stereocenters. The minimum absolute atomic E-state index is 0.0285. The average Bonchev–Trinajstić information content (AvgIpc) is 3.16. The van der Waals surface area contributed by atoms with Crippen LogP contribution in [0.1, 0.15) is 226 Å². The fraction of sp³-hybridized carbons (Fsp3) is 0.932. The Labute approximate surface area is 332 Å². The lowest BCUT2D eigenvalue weighted by Crippen LogP contribution is -2.28. The molecular formula is C44H87O9P. The maximum atomic E-state index is 12.6. The van der Waals surface area contributed by atoms with Gasteiger partial charge in [-0.1, -0.05) is 200 Å². The predicted molar refractivity (Wildman–Crippen MR) is 224 cm³/mol. The second-order valence-electron chi connectivity index (χ2n) is 15.5. The Morgan fingerprint density at radius 2 is 0.926 bits per heavy atom. The lowest BCUT2D eigenvalue weighted by atomic mass is 10.0. The van der Waals surface area contributed by atoms with Crippen molar-refractivity contribution in [3.63, 3.8) is 0 Å². The van der Waals surface area contributed by atoms with E-state index in [1.807, 2.05) is 6.08 Å². The van der Waals surface area contributed by atoms with Gasteiger partial charge in [-0.3, -0.25) is 13.8 Å². The number of hydrogen-bond acceptors (Lipinski definition) is 8. The van der Waals surface area contributed by atoms with Gasteiger partial charge in [0.1, 0.15) is 12.7 Å². The van der Waals surface area contributed by atoms with Gasteiger partial charge in [-0.05, 0) is 25.3 Å². The van der Waals surface area contributed by atoms with Crippen LogP contribution in [-0.4, -0.2) is 59.7 Å². The molecule has 0 spiro atoms. The van der Waals surface area contributed by atoms with Crippen LogP contribution in [-0.2, 0) is 27.9 Å². The molecule has 0 radical (unpaired) electrons. The zero-order valence-corrected chi connectivity index (χ0v) is 36.1. The van der Waals surface area contributed by atoms with Crippen LogP contribution >= 0.6 is 7.82 Å². The molecule has 9 nitrogen and oxygen atoms in total. The molecule has 0 aromatic rings. The van der Waals surface area contributed by atoms with Crippen LogP contribution in [0.5, 0.6) is 0 Å². The van der Waals surface area contributed by atoms with Crippen molar-refractivity contribution in [2.24, 2.45) is 0 Å². The SMILES string of the molecule is CCCCCCCCCCCCCCCCCC/C=C\OC[C@H](COP(=O)(O)OC[C@@H](O)CO)OC(=O)CCCCCCCCCCCCCCCCC. The van der Waals surface area contributed by atoms with E-state index >= 15 is 0 Å². The molecule has 0 aromatic carbocycles. The molecule has 0 heterocycles. The van der Waals surface area contributed by atoms with E-state index in [2.05, 4.69) is 13.8 Å². The van der Waals surface area contributed by atoms with Crippen molar-refractivity contribution in [1.29, 1.82) is 0 Å². The van der Waals surface area contributed by atoms with Crippen LogP contribution in [0.2, 0.25) is 0 Å². The van der Waals surface area contributed by atoms with Gasteiger partial charge in [0.2, 0.25) is 0 Å². The van der Waals surface area contributed by atoms with E-state index in [-0.39, 0.29) is 13.0 Å². The monoisotopic (exact) mass is 791 g/mol. The Morgan fingerprint density at radius 1 is 0.556 bits per heavy atom. The fourth-order valence-electron chi connectivity index (χ4n) is 6.56. The summed E-state index contributed by atoms with van der Waals surface area (Å²) >= 11 is 0. The zero-order valence-electron chi connectivity index (χ0n) is 35.2. The van der Waals surface area contributed by atoms with E-state index in [0.29, 0.717) is 0 Å². The largest absolute Gasteiger partial charge is 0.498 e. The van der Waals surface area contributed by atoms with Gasteiger partial charge in [-0.25, -0.2) is 4.57 Å². The van der Waals surface area contributed by atoms with Crippen molar-refractivity contribution in [3.05, 3.63) is 12.3 Å². The molecule has 10 heteroatoms. The number of aliphatic hydroxyl groups is 2. The zero-order chi connectivity index (χ0) is 39.6. The number of rotatable bonds is 44. The molecule has 0 bridgehead atoms. The number of carbonyl (C=O) groups excluding carboxylic acids is 1. The lowest BCUT2D eigenvalue weighted by molar-refractivity contribution is -0.153. The van der Waals surface area contributed by atoms with Gasteiger partial charge in [0.15, 0.2) is 6.10 Å². The summed E-state index contributed by atoms with van der Waals surface area (Å²) in [6, 6.07) is 0. The van der Waals surface area contributed by atoms with Gasteiger partial charge in [-0.2, -0.15) is 0 Å². The summed E-state index contributed by atoms with van der Waals surface area (Å²) in [4.78, 5) is 22.6. The number of unbranched alkanes of at least 4 members (excludes halogenated alkanes) is 30. The van der Waals surface area contributed by atoms with Crippen molar-refractivity contribution < 1.29 is 43.0 Å². The van der Waals surface area contributed by atoms with E-state index in [0.717, 1.165) is 32.1 Å². The molecule has 3 atom stereocenters. The standard InChI is InChI=1S/C44H87O9P/c1-3-5-7-9-11-13-15-17-19-20-21-23-25-27-29-31-33-35-37-50-40-43(41-52-54(48,49)51-39-42(46)38-45)53-44(47)36-34-32-30-28-26-24-22-18-16-14-12-10-8-6-4-2/h35,37,42-43,45-46H,3-34,36,38-41H2,1-2H3,(H,48,49)/b37-35-/t42-,43+/m0/s1. The maximum absolute atomic E-state index is 12.6. The number of hydrogen-bond donors (Lipinski definition) is 3. The molecule has 54 heavy (non-hydrogen) atoms. The smallest absolute Gasteiger partial charge is 0.472 e.